The van der Waals surface area contributed by atoms with E-state index < -0.39 is 5.60 Å². The van der Waals surface area contributed by atoms with E-state index >= 15 is 0 Å². The third-order valence-electron chi connectivity index (χ3n) is 3.24. The van der Waals surface area contributed by atoms with E-state index in [1.807, 2.05) is 25.7 Å². The second kappa shape index (κ2) is 3.73. The van der Waals surface area contributed by atoms with Gasteiger partial charge in [-0.05, 0) is 34.7 Å². The molecule has 2 aliphatic heterocycles. The van der Waals surface area contributed by atoms with Gasteiger partial charge < -0.3 is 9.64 Å². The van der Waals surface area contributed by atoms with Crippen molar-refractivity contribution < 1.29 is 9.53 Å². The van der Waals surface area contributed by atoms with Crippen LogP contribution in [-0.2, 0) is 4.74 Å². The lowest BCUT2D eigenvalue weighted by molar-refractivity contribution is -0.0173. The third-order valence-corrected chi connectivity index (χ3v) is 3.24. The molecule has 0 spiro atoms. The molecule has 4 heteroatoms. The smallest absolute Gasteiger partial charge is 0.411 e. The number of ether oxygens (including phenoxy) is 1. The van der Waals surface area contributed by atoms with Crippen LogP contribution in [0.4, 0.5) is 4.79 Å². The number of hydrogen-bond acceptors (Lipinski definition) is 3. The second-order valence-corrected chi connectivity index (χ2v) is 6.33. The minimum atomic E-state index is -0.434. The minimum Gasteiger partial charge on any atom is -0.444 e. The molecule has 2 atom stereocenters. The number of fused-ring (bicyclic) bond motifs is 2. The highest BCUT2D eigenvalue weighted by Crippen LogP contribution is 2.34. The van der Waals surface area contributed by atoms with Crippen molar-refractivity contribution in [1.29, 1.82) is 0 Å². The van der Waals surface area contributed by atoms with Gasteiger partial charge in [0.1, 0.15) is 5.60 Å². The van der Waals surface area contributed by atoms with E-state index in [0.29, 0.717) is 0 Å². The van der Waals surface area contributed by atoms with Gasteiger partial charge in [-0.1, -0.05) is 12.2 Å². The molecule has 2 bridgehead atoms. The topological polar surface area (TPSA) is 32.8 Å². The van der Waals surface area contributed by atoms with E-state index in [0.717, 1.165) is 13.1 Å². The van der Waals surface area contributed by atoms with E-state index in [4.69, 9.17) is 4.74 Å². The van der Waals surface area contributed by atoms with Gasteiger partial charge in [0.15, 0.2) is 0 Å². The van der Waals surface area contributed by atoms with Gasteiger partial charge in [-0.15, -0.1) is 0 Å². The number of likely N-dealkylation sites (N-methyl/N-ethyl adjacent to an activating group) is 1. The number of carbonyl (C=O) groups excluding carboxylic acids is 1. The summed E-state index contributed by atoms with van der Waals surface area (Å²) in [6.07, 6.45) is 4.04. The summed E-state index contributed by atoms with van der Waals surface area (Å²) >= 11 is 0. The molecule has 2 heterocycles. The zero-order valence-electron chi connectivity index (χ0n) is 11.4. The first kappa shape index (κ1) is 12.4. The van der Waals surface area contributed by atoms with Crippen LogP contribution < -0.4 is 0 Å². The van der Waals surface area contributed by atoms with E-state index in [9.17, 15) is 4.79 Å². The Hall–Kier alpha value is -1.03. The van der Waals surface area contributed by atoms with Crippen molar-refractivity contribution in [1.82, 2.24) is 9.80 Å². The molecule has 0 aliphatic carbocycles. The van der Waals surface area contributed by atoms with Crippen LogP contribution in [-0.4, -0.2) is 53.2 Å². The normalized spacial score (nSPS) is 33.0. The van der Waals surface area contributed by atoms with Crippen LogP contribution in [0.2, 0.25) is 0 Å². The predicted molar refractivity (Wildman–Crippen MR) is 66.9 cm³/mol. The maximum Gasteiger partial charge on any atom is 0.411 e. The van der Waals surface area contributed by atoms with Crippen molar-refractivity contribution in [2.75, 3.05) is 20.1 Å². The predicted octanol–water partition coefficient (Wildman–Crippen LogP) is 1.87. The molecule has 2 rings (SSSR count). The van der Waals surface area contributed by atoms with Crippen LogP contribution in [0.1, 0.15) is 27.7 Å². The summed E-state index contributed by atoms with van der Waals surface area (Å²) in [5, 5.41) is 0. The Labute approximate surface area is 103 Å². The van der Waals surface area contributed by atoms with Gasteiger partial charge in [0.05, 0.1) is 11.6 Å². The minimum absolute atomic E-state index is 0.147. The van der Waals surface area contributed by atoms with Gasteiger partial charge >= 0.3 is 6.09 Å². The molecule has 0 saturated carbocycles. The molecule has 0 aromatic carbocycles. The quantitative estimate of drug-likeness (QED) is 0.604. The van der Waals surface area contributed by atoms with Crippen molar-refractivity contribution in [2.24, 2.45) is 0 Å². The average Bonchev–Trinajstić information content (AvgIpc) is 2.31. The Kier molecular flexibility index (Phi) is 2.73. The molecule has 17 heavy (non-hydrogen) atoms. The fraction of sp³-hybridized carbons (Fsp3) is 0.769. The van der Waals surface area contributed by atoms with E-state index in [1.165, 1.54) is 0 Å². The molecule has 4 nitrogen and oxygen atoms in total. The molecule has 0 aromatic rings. The first-order valence-electron chi connectivity index (χ1n) is 6.11. The zero-order chi connectivity index (χ0) is 12.8. The van der Waals surface area contributed by atoms with E-state index in [-0.39, 0.29) is 17.7 Å². The molecule has 1 fully saturated rings. The zero-order valence-corrected chi connectivity index (χ0v) is 11.4. The summed E-state index contributed by atoms with van der Waals surface area (Å²) in [5.74, 6) is 0. The van der Waals surface area contributed by atoms with Gasteiger partial charge in [0, 0.05) is 13.1 Å². The van der Waals surface area contributed by atoms with Crippen molar-refractivity contribution >= 4 is 6.09 Å². The summed E-state index contributed by atoms with van der Waals surface area (Å²) in [6.45, 7) is 9.53. The van der Waals surface area contributed by atoms with Crippen LogP contribution in [0.25, 0.3) is 0 Å². The van der Waals surface area contributed by atoms with Crippen LogP contribution in [0.3, 0.4) is 0 Å². The maximum atomic E-state index is 12.2. The largest absolute Gasteiger partial charge is 0.444 e. The number of rotatable bonds is 0. The molecule has 96 valence electrons. The SMILES string of the molecule is CN1CC2C=CC(C)(C1)N2C(=O)OC(C)(C)C. The lowest BCUT2D eigenvalue weighted by atomic mass is 10.00. The highest BCUT2D eigenvalue weighted by Gasteiger charge is 2.47. The highest BCUT2D eigenvalue weighted by molar-refractivity contribution is 5.72. The average molecular weight is 238 g/mol. The number of piperazine rings is 1. The Morgan fingerprint density at radius 1 is 1.47 bits per heavy atom. The molecular formula is C13H22N2O2. The van der Waals surface area contributed by atoms with Crippen LogP contribution in [0.15, 0.2) is 12.2 Å². The molecule has 0 aromatic heterocycles. The highest BCUT2D eigenvalue weighted by atomic mass is 16.6. The third kappa shape index (κ3) is 2.32. The monoisotopic (exact) mass is 238 g/mol. The Balaban J connectivity index is 2.15. The van der Waals surface area contributed by atoms with Gasteiger partial charge in [-0.2, -0.15) is 0 Å². The Morgan fingerprint density at radius 2 is 2.12 bits per heavy atom. The van der Waals surface area contributed by atoms with Crippen LogP contribution in [0, 0.1) is 0 Å². The molecule has 0 N–H and O–H groups in total. The van der Waals surface area contributed by atoms with Crippen molar-refractivity contribution in [3.05, 3.63) is 12.2 Å². The molecular weight excluding hydrogens is 216 g/mol. The molecule has 2 unspecified atom stereocenters. The van der Waals surface area contributed by atoms with E-state index in [1.54, 1.807) is 0 Å². The maximum absolute atomic E-state index is 12.2. The summed E-state index contributed by atoms with van der Waals surface area (Å²) in [5.41, 5.74) is -0.657. The molecule has 0 radical (unpaired) electrons. The second-order valence-electron chi connectivity index (χ2n) is 6.33. The number of amides is 1. The van der Waals surface area contributed by atoms with Crippen LogP contribution in [0.5, 0.6) is 0 Å². The summed E-state index contributed by atoms with van der Waals surface area (Å²) in [4.78, 5) is 16.4. The van der Waals surface area contributed by atoms with Gasteiger partial charge in [-0.3, -0.25) is 4.90 Å². The molecule has 2 aliphatic rings. The van der Waals surface area contributed by atoms with Gasteiger partial charge in [0.2, 0.25) is 0 Å². The summed E-state index contributed by atoms with van der Waals surface area (Å²) < 4.78 is 5.49. The van der Waals surface area contributed by atoms with Gasteiger partial charge in [0.25, 0.3) is 0 Å². The fourth-order valence-electron chi connectivity index (χ4n) is 2.72. The first-order chi connectivity index (χ1) is 7.71. The Morgan fingerprint density at radius 3 is 2.65 bits per heavy atom. The molecule has 1 amide bonds. The van der Waals surface area contributed by atoms with E-state index in [2.05, 4.69) is 31.0 Å². The number of carbonyl (C=O) groups is 1. The van der Waals surface area contributed by atoms with Crippen molar-refractivity contribution in [3.63, 3.8) is 0 Å². The standard InChI is InChI=1S/C13H22N2O2/c1-12(2,3)17-11(16)15-10-6-7-13(15,4)9-14(5)8-10/h6-7,10H,8-9H2,1-5H3. The van der Waals surface area contributed by atoms with Crippen molar-refractivity contribution in [2.45, 2.75) is 44.9 Å². The lowest BCUT2D eigenvalue weighted by Gasteiger charge is -2.46. The Bertz CT molecular complexity index is 359. The van der Waals surface area contributed by atoms with Crippen LogP contribution >= 0.6 is 0 Å². The van der Waals surface area contributed by atoms with Crippen molar-refractivity contribution in [3.8, 4) is 0 Å². The fourth-order valence-corrected chi connectivity index (χ4v) is 2.72. The lowest BCUT2D eigenvalue weighted by Crippen LogP contribution is -2.62. The molecule has 1 saturated heterocycles. The number of nitrogens with zero attached hydrogens (tertiary/aromatic N) is 2. The summed E-state index contributed by atoms with van der Waals surface area (Å²) in [6, 6.07) is 0.147. The first-order valence-corrected chi connectivity index (χ1v) is 6.11. The summed E-state index contributed by atoms with van der Waals surface area (Å²) in [7, 11) is 2.09. The number of hydrogen-bond donors (Lipinski definition) is 0. The van der Waals surface area contributed by atoms with Gasteiger partial charge in [-0.25, -0.2) is 4.79 Å².